The first kappa shape index (κ1) is 18.9. The number of nitrogens with zero attached hydrogens (tertiary/aromatic N) is 2. The highest BCUT2D eigenvalue weighted by Crippen LogP contribution is 2.33. The predicted octanol–water partition coefficient (Wildman–Crippen LogP) is 0.678. The Bertz CT molecular complexity index is 829. The Hall–Kier alpha value is -1.91. The molecule has 3 rings (SSSR count). The largest absolute Gasteiger partial charge is 0.548 e. The number of carboxylic acids is 1. The Kier molecular flexibility index (Phi) is 5.64. The van der Waals surface area contributed by atoms with E-state index in [2.05, 4.69) is 0 Å². The smallest absolute Gasteiger partial charge is 0.266 e. The van der Waals surface area contributed by atoms with Crippen molar-refractivity contribution < 1.29 is 23.9 Å². The lowest BCUT2D eigenvalue weighted by Crippen LogP contribution is -2.51. The molecule has 10 heteroatoms. The molecule has 2 fully saturated rings. The van der Waals surface area contributed by atoms with Gasteiger partial charge in [-0.25, -0.2) is 4.39 Å². The molecule has 2 saturated heterocycles. The van der Waals surface area contributed by atoms with Gasteiger partial charge in [0.25, 0.3) is 5.91 Å². The number of aliphatic carboxylic acids is 1. The number of amides is 2. The summed E-state index contributed by atoms with van der Waals surface area (Å²) in [5, 5.41) is 11.1. The van der Waals surface area contributed by atoms with Crippen LogP contribution in [-0.2, 0) is 14.4 Å². The lowest BCUT2D eigenvalue weighted by molar-refractivity contribution is -0.310. The molecule has 1 aromatic carbocycles. The summed E-state index contributed by atoms with van der Waals surface area (Å²) in [6.07, 6.45) is 1.38. The van der Waals surface area contributed by atoms with Gasteiger partial charge >= 0.3 is 0 Å². The molecular formula is C16H12FN2O4S3-. The van der Waals surface area contributed by atoms with E-state index in [1.165, 1.54) is 34.9 Å². The number of carbonyl (C=O) groups excluding carboxylic acids is 3. The van der Waals surface area contributed by atoms with Crippen LogP contribution in [-0.4, -0.2) is 56.1 Å². The topological polar surface area (TPSA) is 80.8 Å². The molecule has 0 aromatic heterocycles. The molecule has 2 heterocycles. The molecule has 26 heavy (non-hydrogen) atoms. The first-order valence-electron chi connectivity index (χ1n) is 7.46. The van der Waals surface area contributed by atoms with Crippen LogP contribution in [0.1, 0.15) is 5.56 Å². The second-order valence-corrected chi connectivity index (χ2v) is 8.16. The zero-order valence-corrected chi connectivity index (χ0v) is 15.7. The maximum absolute atomic E-state index is 13.8. The van der Waals surface area contributed by atoms with Gasteiger partial charge in [-0.15, -0.1) is 11.8 Å². The summed E-state index contributed by atoms with van der Waals surface area (Å²) >= 11 is 7.42. The van der Waals surface area contributed by atoms with Gasteiger partial charge in [-0.2, -0.15) is 0 Å². The molecule has 1 atom stereocenters. The SMILES string of the molecule is O=C([O-])[C@H]1CSCN1C(=O)CN1C(=O)/C(=C/c2ccccc2F)SC1=S. The Morgan fingerprint density at radius 3 is 2.81 bits per heavy atom. The minimum atomic E-state index is -1.33. The van der Waals surface area contributed by atoms with Crippen LogP contribution in [0.25, 0.3) is 6.08 Å². The van der Waals surface area contributed by atoms with Crippen LogP contribution < -0.4 is 5.11 Å². The maximum Gasteiger partial charge on any atom is 0.266 e. The number of thiocarbonyl (C=S) groups is 1. The molecule has 0 unspecified atom stereocenters. The number of hydrogen-bond donors (Lipinski definition) is 0. The van der Waals surface area contributed by atoms with E-state index in [1.54, 1.807) is 12.1 Å². The number of benzene rings is 1. The average molecular weight is 411 g/mol. The second-order valence-electron chi connectivity index (χ2n) is 5.49. The highest BCUT2D eigenvalue weighted by Gasteiger charge is 2.37. The summed E-state index contributed by atoms with van der Waals surface area (Å²) in [5.74, 6) is -2.36. The van der Waals surface area contributed by atoms with Crippen LogP contribution in [0.15, 0.2) is 29.2 Å². The number of carbonyl (C=O) groups is 3. The van der Waals surface area contributed by atoms with Crippen molar-refractivity contribution in [2.75, 3.05) is 18.2 Å². The number of thioether (sulfide) groups is 2. The minimum absolute atomic E-state index is 0.169. The van der Waals surface area contributed by atoms with Gasteiger partial charge in [0, 0.05) is 11.3 Å². The zero-order chi connectivity index (χ0) is 18.8. The number of hydrogen-bond acceptors (Lipinski definition) is 7. The molecule has 136 valence electrons. The van der Waals surface area contributed by atoms with Gasteiger partial charge in [0.2, 0.25) is 5.91 Å². The predicted molar refractivity (Wildman–Crippen MR) is 99.2 cm³/mol. The Morgan fingerprint density at radius 2 is 2.12 bits per heavy atom. The molecule has 0 spiro atoms. The van der Waals surface area contributed by atoms with E-state index >= 15 is 0 Å². The number of rotatable bonds is 4. The number of carboxylic acid groups (broad SMARTS) is 1. The van der Waals surface area contributed by atoms with E-state index in [1.807, 2.05) is 0 Å². The highest BCUT2D eigenvalue weighted by molar-refractivity contribution is 8.26. The van der Waals surface area contributed by atoms with Gasteiger partial charge in [-0.1, -0.05) is 42.2 Å². The lowest BCUT2D eigenvalue weighted by atomic mass is 10.2. The third-order valence-electron chi connectivity index (χ3n) is 3.83. The fourth-order valence-electron chi connectivity index (χ4n) is 2.48. The molecule has 0 N–H and O–H groups in total. The molecule has 0 saturated carbocycles. The minimum Gasteiger partial charge on any atom is -0.548 e. The van der Waals surface area contributed by atoms with Crippen molar-refractivity contribution in [2.24, 2.45) is 0 Å². The quantitative estimate of drug-likeness (QED) is 0.532. The second kappa shape index (κ2) is 7.77. The van der Waals surface area contributed by atoms with E-state index in [0.717, 1.165) is 16.7 Å². The lowest BCUT2D eigenvalue weighted by Gasteiger charge is -2.26. The molecule has 6 nitrogen and oxygen atoms in total. The third-order valence-corrected chi connectivity index (χ3v) is 6.22. The van der Waals surface area contributed by atoms with Crippen LogP contribution in [0.4, 0.5) is 4.39 Å². The monoisotopic (exact) mass is 411 g/mol. The Balaban J connectivity index is 1.74. The maximum atomic E-state index is 13.8. The van der Waals surface area contributed by atoms with Gasteiger partial charge in [-0.3, -0.25) is 14.5 Å². The van der Waals surface area contributed by atoms with Crippen molar-refractivity contribution in [3.05, 3.63) is 40.6 Å². The standard InChI is InChI=1S/C16H13FN2O4S3/c17-10-4-2-1-3-9(10)5-12-14(21)18(16(24)26-12)6-13(20)19-8-25-7-11(19)15(22)23/h1-5,11H,6-8H2,(H,22,23)/p-1/b12-5-/t11-/m1/s1. The van der Waals surface area contributed by atoms with Crippen molar-refractivity contribution in [1.29, 1.82) is 0 Å². The highest BCUT2D eigenvalue weighted by atomic mass is 32.2. The zero-order valence-electron chi connectivity index (χ0n) is 13.2. The van der Waals surface area contributed by atoms with Crippen LogP contribution in [0, 0.1) is 5.82 Å². The third kappa shape index (κ3) is 3.76. The normalized spacial score (nSPS) is 21.7. The average Bonchev–Trinajstić information content (AvgIpc) is 3.18. The van der Waals surface area contributed by atoms with E-state index in [0.29, 0.717) is 0 Å². The molecule has 0 radical (unpaired) electrons. The summed E-state index contributed by atoms with van der Waals surface area (Å²) in [6.45, 7) is -0.358. The molecule has 2 aliphatic heterocycles. The Morgan fingerprint density at radius 1 is 1.38 bits per heavy atom. The molecule has 1 aromatic rings. The summed E-state index contributed by atoms with van der Waals surface area (Å²) in [5.41, 5.74) is 0.243. The summed E-state index contributed by atoms with van der Waals surface area (Å²) in [6, 6.07) is 4.97. The van der Waals surface area contributed by atoms with Crippen molar-refractivity contribution in [3.63, 3.8) is 0 Å². The first-order chi connectivity index (χ1) is 12.4. The van der Waals surface area contributed by atoms with Crippen molar-refractivity contribution in [3.8, 4) is 0 Å². The fraction of sp³-hybridized carbons (Fsp3) is 0.250. The molecule has 0 aliphatic carbocycles. The van der Waals surface area contributed by atoms with Gasteiger partial charge in [0.1, 0.15) is 16.7 Å². The van der Waals surface area contributed by atoms with Crippen molar-refractivity contribution in [2.45, 2.75) is 6.04 Å². The molecule has 2 amide bonds. The van der Waals surface area contributed by atoms with E-state index in [4.69, 9.17) is 12.2 Å². The van der Waals surface area contributed by atoms with Gasteiger partial charge in [0.15, 0.2) is 0 Å². The summed E-state index contributed by atoms with van der Waals surface area (Å²) < 4.78 is 13.9. The van der Waals surface area contributed by atoms with Crippen LogP contribution >= 0.6 is 35.7 Å². The van der Waals surface area contributed by atoms with Gasteiger partial charge in [0.05, 0.1) is 22.8 Å². The summed E-state index contributed by atoms with van der Waals surface area (Å²) in [4.78, 5) is 38.5. The van der Waals surface area contributed by atoms with Crippen molar-refractivity contribution >= 4 is 63.9 Å². The Labute approximate surface area is 162 Å². The van der Waals surface area contributed by atoms with E-state index < -0.39 is 29.6 Å². The van der Waals surface area contributed by atoms with Crippen LogP contribution in [0.3, 0.4) is 0 Å². The molecule has 0 bridgehead atoms. The van der Waals surface area contributed by atoms with Crippen molar-refractivity contribution in [1.82, 2.24) is 9.80 Å². The first-order valence-corrected chi connectivity index (χ1v) is 9.84. The number of halogens is 1. The van der Waals surface area contributed by atoms with E-state index in [9.17, 15) is 23.9 Å². The molecular weight excluding hydrogens is 399 g/mol. The van der Waals surface area contributed by atoms with Crippen LogP contribution in [0.2, 0.25) is 0 Å². The summed E-state index contributed by atoms with van der Waals surface area (Å²) in [7, 11) is 0. The van der Waals surface area contributed by atoms with Gasteiger partial charge < -0.3 is 14.8 Å². The van der Waals surface area contributed by atoms with Crippen LogP contribution in [0.5, 0.6) is 0 Å². The molecule has 2 aliphatic rings. The fourth-order valence-corrected chi connectivity index (χ4v) is 4.89. The van der Waals surface area contributed by atoms with Gasteiger partial charge in [-0.05, 0) is 12.1 Å². The van der Waals surface area contributed by atoms with E-state index in [-0.39, 0.29) is 33.0 Å².